The van der Waals surface area contributed by atoms with E-state index in [1.54, 1.807) is 0 Å². The molecule has 2 rings (SSSR count). The van der Waals surface area contributed by atoms with Gasteiger partial charge in [-0.25, -0.2) is 0 Å². The van der Waals surface area contributed by atoms with Crippen molar-refractivity contribution in [2.24, 2.45) is 0 Å². The van der Waals surface area contributed by atoms with Crippen LogP contribution in [0.15, 0.2) is 0 Å². The number of ether oxygens (including phenoxy) is 2. The van der Waals surface area contributed by atoms with Gasteiger partial charge in [0.1, 0.15) is 0 Å². The Hall–Kier alpha value is -1.14. The average molecular weight is 340 g/mol. The monoisotopic (exact) mass is 340 g/mol. The van der Waals surface area contributed by atoms with Crippen molar-refractivity contribution in [3.8, 4) is 0 Å². The van der Waals surface area contributed by atoms with E-state index in [4.69, 9.17) is 9.47 Å². The van der Waals surface area contributed by atoms with Crippen LogP contribution in [0.1, 0.15) is 51.4 Å². The summed E-state index contributed by atoms with van der Waals surface area (Å²) >= 11 is 0. The van der Waals surface area contributed by atoms with E-state index in [-0.39, 0.29) is 11.8 Å². The standard InChI is InChI=1S/C18H32N2O4/c21-17-7-3-1-5-9-19(17)11-13-23-15-16-24-14-12-20-10-6-2-4-8-18(20)22/h1-16H2. The number of hydrogen-bond acceptors (Lipinski definition) is 4. The molecule has 2 aliphatic heterocycles. The van der Waals surface area contributed by atoms with Crippen LogP contribution in [-0.4, -0.2) is 74.2 Å². The molecule has 2 aliphatic rings. The Morgan fingerprint density at radius 3 is 1.54 bits per heavy atom. The SMILES string of the molecule is O=C1CCCCCN1CCOCCOCCN1CCCCCC1=O. The Kier molecular flexibility index (Phi) is 9.13. The zero-order valence-electron chi connectivity index (χ0n) is 14.8. The van der Waals surface area contributed by atoms with Crippen molar-refractivity contribution in [2.45, 2.75) is 51.4 Å². The lowest BCUT2D eigenvalue weighted by Gasteiger charge is -2.21. The van der Waals surface area contributed by atoms with E-state index in [0.717, 1.165) is 51.6 Å². The number of carbonyl (C=O) groups excluding carboxylic acids is 2. The molecule has 6 heteroatoms. The summed E-state index contributed by atoms with van der Waals surface area (Å²) < 4.78 is 11.1. The lowest BCUT2D eigenvalue weighted by molar-refractivity contribution is -0.132. The van der Waals surface area contributed by atoms with Gasteiger partial charge in [0, 0.05) is 39.0 Å². The summed E-state index contributed by atoms with van der Waals surface area (Å²) in [5.74, 6) is 0.518. The Bertz CT molecular complexity index is 353. The summed E-state index contributed by atoms with van der Waals surface area (Å²) in [6.45, 7) is 5.30. The second-order valence-electron chi connectivity index (χ2n) is 6.61. The van der Waals surface area contributed by atoms with Gasteiger partial charge in [0.25, 0.3) is 0 Å². The third-order valence-electron chi connectivity index (χ3n) is 4.73. The highest BCUT2D eigenvalue weighted by Crippen LogP contribution is 2.11. The molecule has 6 nitrogen and oxygen atoms in total. The molecule has 2 fully saturated rings. The molecule has 2 heterocycles. The summed E-state index contributed by atoms with van der Waals surface area (Å²) in [6, 6.07) is 0. The van der Waals surface area contributed by atoms with Crippen molar-refractivity contribution in [1.82, 2.24) is 9.80 Å². The second kappa shape index (κ2) is 11.4. The van der Waals surface area contributed by atoms with E-state index in [1.807, 2.05) is 9.80 Å². The minimum Gasteiger partial charge on any atom is -0.377 e. The largest absolute Gasteiger partial charge is 0.377 e. The molecule has 0 atom stereocenters. The van der Waals surface area contributed by atoms with Gasteiger partial charge >= 0.3 is 0 Å². The maximum atomic E-state index is 11.8. The van der Waals surface area contributed by atoms with Crippen molar-refractivity contribution in [3.63, 3.8) is 0 Å². The molecular formula is C18H32N2O4. The number of nitrogens with zero attached hydrogens (tertiary/aromatic N) is 2. The highest BCUT2D eigenvalue weighted by atomic mass is 16.5. The van der Waals surface area contributed by atoms with E-state index in [2.05, 4.69) is 0 Å². The second-order valence-corrected chi connectivity index (χ2v) is 6.61. The van der Waals surface area contributed by atoms with Crippen LogP contribution in [0.4, 0.5) is 0 Å². The Balaban J connectivity index is 1.45. The minimum absolute atomic E-state index is 0.259. The highest BCUT2D eigenvalue weighted by Gasteiger charge is 2.16. The van der Waals surface area contributed by atoms with Crippen LogP contribution in [0.25, 0.3) is 0 Å². The van der Waals surface area contributed by atoms with Crippen LogP contribution in [-0.2, 0) is 19.1 Å². The zero-order chi connectivity index (χ0) is 17.0. The van der Waals surface area contributed by atoms with Gasteiger partial charge in [0.15, 0.2) is 0 Å². The maximum absolute atomic E-state index is 11.8. The Morgan fingerprint density at radius 2 is 1.08 bits per heavy atom. The molecule has 0 saturated carbocycles. The molecule has 24 heavy (non-hydrogen) atoms. The molecule has 0 aliphatic carbocycles. The molecule has 0 spiro atoms. The van der Waals surface area contributed by atoms with Crippen molar-refractivity contribution in [3.05, 3.63) is 0 Å². The first kappa shape index (κ1) is 19.2. The predicted molar refractivity (Wildman–Crippen MR) is 91.7 cm³/mol. The predicted octanol–water partition coefficient (Wildman–Crippen LogP) is 1.82. The first-order valence-corrected chi connectivity index (χ1v) is 9.48. The summed E-state index contributed by atoms with van der Waals surface area (Å²) in [5, 5.41) is 0. The van der Waals surface area contributed by atoms with Gasteiger partial charge in [-0.2, -0.15) is 0 Å². The van der Waals surface area contributed by atoms with Gasteiger partial charge in [-0.3, -0.25) is 9.59 Å². The lowest BCUT2D eigenvalue weighted by atomic mass is 10.2. The van der Waals surface area contributed by atoms with Crippen LogP contribution < -0.4 is 0 Å². The molecule has 138 valence electrons. The lowest BCUT2D eigenvalue weighted by Crippen LogP contribution is -2.34. The molecule has 0 aromatic rings. The maximum Gasteiger partial charge on any atom is 0.222 e. The third kappa shape index (κ3) is 7.18. The van der Waals surface area contributed by atoms with Crippen LogP contribution in [0, 0.1) is 0 Å². The van der Waals surface area contributed by atoms with Gasteiger partial charge < -0.3 is 19.3 Å². The molecule has 2 saturated heterocycles. The van der Waals surface area contributed by atoms with Crippen molar-refractivity contribution in [2.75, 3.05) is 52.6 Å². The van der Waals surface area contributed by atoms with Crippen molar-refractivity contribution >= 4 is 11.8 Å². The molecule has 0 unspecified atom stereocenters. The summed E-state index contributed by atoms with van der Waals surface area (Å²) in [6.07, 6.45) is 7.89. The fourth-order valence-electron chi connectivity index (χ4n) is 3.22. The molecule has 0 bridgehead atoms. The summed E-state index contributed by atoms with van der Waals surface area (Å²) in [7, 11) is 0. The molecule has 0 aromatic heterocycles. The minimum atomic E-state index is 0.259. The summed E-state index contributed by atoms with van der Waals surface area (Å²) in [5.41, 5.74) is 0. The number of rotatable bonds is 9. The number of likely N-dealkylation sites (tertiary alicyclic amines) is 2. The first-order chi connectivity index (χ1) is 11.8. The van der Waals surface area contributed by atoms with E-state index < -0.39 is 0 Å². The third-order valence-corrected chi connectivity index (χ3v) is 4.73. The van der Waals surface area contributed by atoms with E-state index in [9.17, 15) is 9.59 Å². The van der Waals surface area contributed by atoms with E-state index in [0.29, 0.717) is 52.4 Å². The van der Waals surface area contributed by atoms with Crippen LogP contribution in [0.5, 0.6) is 0 Å². The van der Waals surface area contributed by atoms with Gasteiger partial charge in [-0.1, -0.05) is 12.8 Å². The number of hydrogen-bond donors (Lipinski definition) is 0. The van der Waals surface area contributed by atoms with E-state index >= 15 is 0 Å². The van der Waals surface area contributed by atoms with Gasteiger partial charge in [-0.05, 0) is 25.7 Å². The van der Waals surface area contributed by atoms with Gasteiger partial charge in [0.05, 0.1) is 26.4 Å². The molecule has 0 N–H and O–H groups in total. The van der Waals surface area contributed by atoms with E-state index in [1.165, 1.54) is 0 Å². The Labute approximate surface area is 145 Å². The van der Waals surface area contributed by atoms with Crippen LogP contribution >= 0.6 is 0 Å². The molecule has 0 radical (unpaired) electrons. The average Bonchev–Trinajstić information content (AvgIpc) is 2.91. The van der Waals surface area contributed by atoms with Gasteiger partial charge in [0.2, 0.25) is 11.8 Å². The van der Waals surface area contributed by atoms with Crippen molar-refractivity contribution in [1.29, 1.82) is 0 Å². The highest BCUT2D eigenvalue weighted by molar-refractivity contribution is 5.76. The van der Waals surface area contributed by atoms with Crippen LogP contribution in [0.2, 0.25) is 0 Å². The fraction of sp³-hybridized carbons (Fsp3) is 0.889. The normalized spacial score (nSPS) is 20.2. The fourth-order valence-corrected chi connectivity index (χ4v) is 3.22. The number of amides is 2. The molecular weight excluding hydrogens is 308 g/mol. The zero-order valence-corrected chi connectivity index (χ0v) is 14.8. The molecule has 2 amide bonds. The smallest absolute Gasteiger partial charge is 0.222 e. The Morgan fingerprint density at radius 1 is 0.625 bits per heavy atom. The summed E-state index contributed by atoms with van der Waals surface area (Å²) in [4.78, 5) is 27.5. The molecule has 0 aromatic carbocycles. The van der Waals surface area contributed by atoms with Crippen LogP contribution in [0.3, 0.4) is 0 Å². The van der Waals surface area contributed by atoms with Gasteiger partial charge in [-0.15, -0.1) is 0 Å². The number of carbonyl (C=O) groups is 2. The topological polar surface area (TPSA) is 59.1 Å². The quantitative estimate of drug-likeness (QED) is 0.601. The van der Waals surface area contributed by atoms with Crippen molar-refractivity contribution < 1.29 is 19.1 Å². The first-order valence-electron chi connectivity index (χ1n) is 9.48.